The molecule has 4 rings (SSSR count). The molecule has 0 aliphatic carbocycles. The number of amides is 1. The van der Waals surface area contributed by atoms with E-state index in [4.69, 9.17) is 17.3 Å². The minimum atomic E-state index is -4.52. The Balaban J connectivity index is 1.90. The third-order valence-corrected chi connectivity index (χ3v) is 7.27. The highest BCUT2D eigenvalue weighted by Crippen LogP contribution is 2.34. The van der Waals surface area contributed by atoms with Gasteiger partial charge in [-0.2, -0.15) is 22.8 Å². The Kier molecular flexibility index (Phi) is 8.70. The molecule has 2 N–H and O–H groups in total. The van der Waals surface area contributed by atoms with Crippen LogP contribution in [0.5, 0.6) is 0 Å². The summed E-state index contributed by atoms with van der Waals surface area (Å²) in [7, 11) is 0. The molecule has 2 aromatic carbocycles. The van der Waals surface area contributed by atoms with Gasteiger partial charge in [0.1, 0.15) is 0 Å². The van der Waals surface area contributed by atoms with Gasteiger partial charge in [-0.3, -0.25) is 9.36 Å². The number of aryl methyl sites for hydroxylation is 1. The number of carbonyl (C=O) groups excluding carboxylic acids is 1. The zero-order valence-electron chi connectivity index (χ0n) is 22.5. The van der Waals surface area contributed by atoms with Gasteiger partial charge in [0, 0.05) is 17.8 Å². The zero-order chi connectivity index (χ0) is 29.2. The Hall–Kier alpha value is -3.63. The molecule has 1 amide bonds. The lowest BCUT2D eigenvalue weighted by atomic mass is 9.96. The lowest BCUT2D eigenvalue weighted by Gasteiger charge is -2.36. The van der Waals surface area contributed by atoms with Crippen LogP contribution in [0.4, 0.5) is 13.2 Å². The topological polar surface area (TPSA) is 85.6 Å². The zero-order valence-corrected chi connectivity index (χ0v) is 23.2. The fraction of sp³-hybridized carbons (Fsp3) is 0.345. The van der Waals surface area contributed by atoms with Crippen molar-refractivity contribution in [2.24, 2.45) is 11.7 Å². The molecule has 0 aliphatic rings. The maximum Gasteiger partial charge on any atom is 0.416 e. The average molecular weight is 574 g/mol. The third kappa shape index (κ3) is 5.93. The molecule has 7 nitrogen and oxygen atoms in total. The first-order valence-electron chi connectivity index (χ1n) is 12.9. The number of halogens is 4. The summed E-state index contributed by atoms with van der Waals surface area (Å²) < 4.78 is 42.3. The van der Waals surface area contributed by atoms with Gasteiger partial charge in [0.05, 0.1) is 34.4 Å². The normalized spacial score (nSPS) is 12.7. The highest BCUT2D eigenvalue weighted by Gasteiger charge is 2.34. The van der Waals surface area contributed by atoms with Crippen LogP contribution in [0.15, 0.2) is 65.5 Å². The number of hydrogen-bond donors (Lipinski definition) is 1. The van der Waals surface area contributed by atoms with Crippen molar-refractivity contribution in [2.75, 3.05) is 13.1 Å². The number of hydrogen-bond acceptors (Lipinski definition) is 4. The predicted octanol–water partition coefficient (Wildman–Crippen LogP) is 5.71. The second-order valence-corrected chi connectivity index (χ2v) is 10.4. The monoisotopic (exact) mass is 573 g/mol. The van der Waals surface area contributed by atoms with Crippen LogP contribution in [0.1, 0.15) is 59.2 Å². The summed E-state index contributed by atoms with van der Waals surface area (Å²) >= 11 is 6.54. The number of carbonyl (C=O) groups is 1. The van der Waals surface area contributed by atoms with Crippen molar-refractivity contribution < 1.29 is 18.0 Å². The predicted molar refractivity (Wildman–Crippen MR) is 148 cm³/mol. The molecule has 2 aromatic heterocycles. The average Bonchev–Trinajstić information content (AvgIpc) is 3.21. The van der Waals surface area contributed by atoms with Crippen LogP contribution >= 0.6 is 11.6 Å². The van der Waals surface area contributed by atoms with Gasteiger partial charge < -0.3 is 10.6 Å². The minimum absolute atomic E-state index is 0.104. The van der Waals surface area contributed by atoms with Gasteiger partial charge >= 0.3 is 11.9 Å². The highest BCUT2D eigenvalue weighted by atomic mass is 35.5. The third-order valence-electron chi connectivity index (χ3n) is 6.81. The molecular formula is C29H31ClF3N5O2. The van der Waals surface area contributed by atoms with E-state index in [2.05, 4.69) is 5.10 Å². The number of alkyl halides is 3. The first-order valence-corrected chi connectivity index (χ1v) is 13.3. The van der Waals surface area contributed by atoms with Gasteiger partial charge in [-0.05, 0) is 61.7 Å². The van der Waals surface area contributed by atoms with E-state index < -0.39 is 29.4 Å². The molecule has 0 fully saturated rings. The molecule has 0 saturated heterocycles. The summed E-state index contributed by atoms with van der Waals surface area (Å²) in [5.41, 5.74) is 6.95. The molecule has 11 heteroatoms. The second-order valence-electron chi connectivity index (χ2n) is 10.0. The Morgan fingerprint density at radius 3 is 2.33 bits per heavy atom. The summed E-state index contributed by atoms with van der Waals surface area (Å²) in [6.45, 7) is 6.29. The number of aromatic nitrogens is 3. The van der Waals surface area contributed by atoms with E-state index in [1.807, 2.05) is 44.2 Å². The van der Waals surface area contributed by atoms with E-state index in [0.29, 0.717) is 34.9 Å². The van der Waals surface area contributed by atoms with Gasteiger partial charge in [0.15, 0.2) is 0 Å². The Labute approximate surface area is 235 Å². The van der Waals surface area contributed by atoms with Gasteiger partial charge in [0.2, 0.25) is 0 Å². The molecule has 0 unspecified atom stereocenters. The van der Waals surface area contributed by atoms with Gasteiger partial charge in [0.25, 0.3) is 5.91 Å². The fourth-order valence-electron chi connectivity index (χ4n) is 4.87. The smallest absolute Gasteiger partial charge is 0.330 e. The summed E-state index contributed by atoms with van der Waals surface area (Å²) in [5.74, 6) is -0.655. The van der Waals surface area contributed by atoms with Crippen molar-refractivity contribution in [3.05, 3.63) is 104 Å². The van der Waals surface area contributed by atoms with Crippen LogP contribution < -0.4 is 11.4 Å². The van der Waals surface area contributed by atoms with E-state index in [0.717, 1.165) is 17.7 Å². The molecule has 0 saturated carbocycles. The summed E-state index contributed by atoms with van der Waals surface area (Å²) in [5, 5.41) is 4.66. The van der Waals surface area contributed by atoms with Crippen molar-refractivity contribution in [3.8, 4) is 0 Å². The fourth-order valence-corrected chi connectivity index (χ4v) is 5.04. The molecule has 212 valence electrons. The lowest BCUT2D eigenvalue weighted by Crippen LogP contribution is -2.42. The standard InChI is InChI=1S/C29H31ClF3N5O2/c1-18(2)26(36(15-7-14-34)27(39)21-10-12-22(13-11-21)29(31,32)33)24-16-23-25(30)19(3)35-38(23)28(40)37(24)17-20-8-5-4-6-9-20/h4-6,8-13,16,18,26H,7,14-15,17,34H2,1-3H3/t26-/m1/s1. The number of nitrogens with zero attached hydrogens (tertiary/aromatic N) is 4. The second kappa shape index (κ2) is 11.9. The van der Waals surface area contributed by atoms with Crippen molar-refractivity contribution in [1.82, 2.24) is 19.1 Å². The highest BCUT2D eigenvalue weighted by molar-refractivity contribution is 6.34. The van der Waals surface area contributed by atoms with Crippen molar-refractivity contribution >= 4 is 23.0 Å². The summed E-state index contributed by atoms with van der Waals surface area (Å²) in [6.07, 6.45) is -4.07. The van der Waals surface area contributed by atoms with E-state index in [1.165, 1.54) is 16.6 Å². The van der Waals surface area contributed by atoms with Crippen LogP contribution in [0, 0.1) is 12.8 Å². The van der Waals surface area contributed by atoms with Gasteiger partial charge in [-0.1, -0.05) is 55.8 Å². The Bertz CT molecular complexity index is 1550. The molecule has 0 aliphatic heterocycles. The first-order chi connectivity index (χ1) is 18.9. The van der Waals surface area contributed by atoms with Crippen LogP contribution in [-0.2, 0) is 12.7 Å². The summed E-state index contributed by atoms with van der Waals surface area (Å²) in [6, 6.07) is 14.7. The maximum absolute atomic E-state index is 13.9. The van der Waals surface area contributed by atoms with Crippen LogP contribution in [0.2, 0.25) is 5.02 Å². The van der Waals surface area contributed by atoms with E-state index in [1.54, 1.807) is 22.5 Å². The maximum atomic E-state index is 13.9. The minimum Gasteiger partial charge on any atom is -0.330 e. The molecule has 1 atom stereocenters. The largest absolute Gasteiger partial charge is 0.416 e. The molecule has 0 bridgehead atoms. The Morgan fingerprint density at radius 2 is 1.75 bits per heavy atom. The van der Waals surface area contributed by atoms with Crippen molar-refractivity contribution in [3.63, 3.8) is 0 Å². The molecule has 4 aromatic rings. The number of fused-ring (bicyclic) bond motifs is 1. The summed E-state index contributed by atoms with van der Waals surface area (Å²) in [4.78, 5) is 29.3. The van der Waals surface area contributed by atoms with Crippen LogP contribution in [0.3, 0.4) is 0 Å². The van der Waals surface area contributed by atoms with E-state index in [9.17, 15) is 22.8 Å². The quantitative estimate of drug-likeness (QED) is 0.278. The first kappa shape index (κ1) is 29.4. The Morgan fingerprint density at radius 1 is 1.10 bits per heavy atom. The van der Waals surface area contributed by atoms with Crippen LogP contribution in [-0.4, -0.2) is 38.1 Å². The number of benzene rings is 2. The van der Waals surface area contributed by atoms with Gasteiger partial charge in [-0.15, -0.1) is 0 Å². The number of nitrogens with two attached hydrogens (primary N) is 1. The molecule has 40 heavy (non-hydrogen) atoms. The van der Waals surface area contributed by atoms with Crippen LogP contribution in [0.25, 0.3) is 5.52 Å². The molecule has 0 radical (unpaired) electrons. The van der Waals surface area contributed by atoms with E-state index in [-0.39, 0.29) is 24.6 Å². The molecule has 0 spiro atoms. The van der Waals surface area contributed by atoms with Gasteiger partial charge in [-0.25, -0.2) is 4.79 Å². The van der Waals surface area contributed by atoms with Crippen molar-refractivity contribution in [1.29, 1.82) is 0 Å². The SMILES string of the molecule is Cc1nn2c(=O)n(Cc3ccccc3)c([C@@H](C(C)C)N(CCCN)C(=O)c3ccc(C(F)(F)F)cc3)cc2c1Cl. The number of rotatable bonds is 9. The molecular weight excluding hydrogens is 543 g/mol. The van der Waals surface area contributed by atoms with E-state index >= 15 is 0 Å². The lowest BCUT2D eigenvalue weighted by molar-refractivity contribution is -0.137. The van der Waals surface area contributed by atoms with Crippen molar-refractivity contribution in [2.45, 2.75) is 46.0 Å². The molecule has 2 heterocycles.